The molecule has 3 amide bonds. The number of carbonyl (C=O) groups is 3. The Bertz CT molecular complexity index is 1790. The first-order valence-corrected chi connectivity index (χ1v) is 17.8. The number of amides is 3. The van der Waals surface area contributed by atoms with Gasteiger partial charge in [0, 0.05) is 39.0 Å². The van der Waals surface area contributed by atoms with Gasteiger partial charge in [0.15, 0.2) is 11.6 Å². The van der Waals surface area contributed by atoms with Crippen LogP contribution in [0.15, 0.2) is 115 Å². The van der Waals surface area contributed by atoms with Gasteiger partial charge in [-0.3, -0.25) is 14.4 Å². The van der Waals surface area contributed by atoms with Crippen LogP contribution in [0.5, 0.6) is 0 Å². The van der Waals surface area contributed by atoms with Gasteiger partial charge in [0.25, 0.3) is 0 Å². The van der Waals surface area contributed by atoms with Crippen molar-refractivity contribution in [1.29, 1.82) is 0 Å². The lowest BCUT2D eigenvalue weighted by atomic mass is 9.90. The number of nitrogens with zero attached hydrogens (tertiary/aromatic N) is 2. The molecule has 0 heterocycles. The van der Waals surface area contributed by atoms with Gasteiger partial charge in [-0.1, -0.05) is 111 Å². The van der Waals surface area contributed by atoms with E-state index < -0.39 is 41.1 Å². The molecule has 7 nitrogen and oxygen atoms in total. The molecule has 0 spiro atoms. The van der Waals surface area contributed by atoms with Crippen LogP contribution in [-0.2, 0) is 33.6 Å². The van der Waals surface area contributed by atoms with E-state index in [0.29, 0.717) is 24.9 Å². The minimum atomic E-state index is -1.08. The number of benzene rings is 4. The molecule has 52 heavy (non-hydrogen) atoms. The van der Waals surface area contributed by atoms with Crippen LogP contribution in [0, 0.1) is 11.6 Å². The molecule has 0 aromatic heterocycles. The fourth-order valence-corrected chi connectivity index (χ4v) is 6.06. The second kappa shape index (κ2) is 18.9. The van der Waals surface area contributed by atoms with Gasteiger partial charge in [0.1, 0.15) is 12.1 Å². The lowest BCUT2D eigenvalue weighted by Gasteiger charge is -2.34. The second-order valence-electron chi connectivity index (χ2n) is 13.4. The average molecular weight is 709 g/mol. The van der Waals surface area contributed by atoms with Crippen LogP contribution >= 0.6 is 0 Å². The summed E-state index contributed by atoms with van der Waals surface area (Å²) in [5.74, 6) is -3.36. The summed E-state index contributed by atoms with van der Waals surface area (Å²) in [5, 5.41) is 2.92. The summed E-state index contributed by atoms with van der Waals surface area (Å²) in [6.07, 6.45) is 5.85. The highest BCUT2D eigenvalue weighted by atomic mass is 19.2. The standard InChI is InChI=1S/C43H50F2N4O3/c1-5-43(46,6-2)26-13-18-40(50)48(3)39(29-32-19-22-35(23-20-32)34-16-11-8-12-17-34)42(52)49(4)38(30-33-21-24-36(44)37(45)28-33)41(51)47-27-25-31-14-9-7-10-15-31/h7-24,28,38-39H,5-6,25-27,29-30,46H2,1-4H3,(H,47,51)/b18-13+. The van der Waals surface area contributed by atoms with E-state index in [2.05, 4.69) is 5.32 Å². The smallest absolute Gasteiger partial charge is 0.246 e. The van der Waals surface area contributed by atoms with Crippen molar-refractivity contribution in [3.05, 3.63) is 144 Å². The van der Waals surface area contributed by atoms with E-state index in [1.54, 1.807) is 13.1 Å². The summed E-state index contributed by atoms with van der Waals surface area (Å²) in [7, 11) is 3.08. The van der Waals surface area contributed by atoms with Crippen molar-refractivity contribution in [3.63, 3.8) is 0 Å². The van der Waals surface area contributed by atoms with E-state index in [4.69, 9.17) is 5.73 Å². The summed E-state index contributed by atoms with van der Waals surface area (Å²) in [6, 6.07) is 28.7. The molecule has 2 atom stereocenters. The maximum absolute atomic E-state index is 14.5. The Morgan fingerprint density at radius 3 is 1.92 bits per heavy atom. The van der Waals surface area contributed by atoms with Gasteiger partial charge in [-0.15, -0.1) is 0 Å². The van der Waals surface area contributed by atoms with Crippen molar-refractivity contribution in [2.24, 2.45) is 5.73 Å². The second-order valence-corrected chi connectivity index (χ2v) is 13.4. The third-order valence-corrected chi connectivity index (χ3v) is 9.87. The van der Waals surface area contributed by atoms with Crippen LogP contribution in [0.3, 0.4) is 0 Å². The van der Waals surface area contributed by atoms with E-state index in [1.807, 2.05) is 98.8 Å². The van der Waals surface area contributed by atoms with Crippen molar-refractivity contribution < 1.29 is 23.2 Å². The fraction of sp³-hybridized carbons (Fsp3) is 0.326. The zero-order valence-electron chi connectivity index (χ0n) is 30.5. The topological polar surface area (TPSA) is 95.7 Å². The van der Waals surface area contributed by atoms with Gasteiger partial charge in [-0.2, -0.15) is 0 Å². The molecule has 4 rings (SSSR count). The molecule has 4 aromatic rings. The highest BCUT2D eigenvalue weighted by molar-refractivity contribution is 5.95. The quantitative estimate of drug-likeness (QED) is 0.117. The number of hydrogen-bond donors (Lipinski definition) is 2. The number of nitrogens with one attached hydrogen (secondary N) is 1. The lowest BCUT2D eigenvalue weighted by Crippen LogP contribution is -2.56. The lowest BCUT2D eigenvalue weighted by molar-refractivity contribution is -0.146. The fourth-order valence-electron chi connectivity index (χ4n) is 6.06. The summed E-state index contributed by atoms with van der Waals surface area (Å²) < 4.78 is 28.1. The monoisotopic (exact) mass is 708 g/mol. The maximum atomic E-state index is 14.5. The molecule has 0 fully saturated rings. The molecule has 4 aromatic carbocycles. The number of halogens is 2. The van der Waals surface area contributed by atoms with Crippen LogP contribution in [-0.4, -0.2) is 65.8 Å². The predicted molar refractivity (Wildman–Crippen MR) is 203 cm³/mol. The minimum absolute atomic E-state index is 0.0702. The Balaban J connectivity index is 1.63. The summed E-state index contributed by atoms with van der Waals surface area (Å²) in [5.41, 5.74) is 10.3. The zero-order chi connectivity index (χ0) is 37.7. The van der Waals surface area contributed by atoms with Gasteiger partial charge in [0.05, 0.1) is 0 Å². The first kappa shape index (κ1) is 39.6. The molecular formula is C43H50F2N4O3. The van der Waals surface area contributed by atoms with Gasteiger partial charge in [-0.25, -0.2) is 8.78 Å². The third kappa shape index (κ3) is 10.9. The number of nitrogens with two attached hydrogens (primary N) is 1. The highest BCUT2D eigenvalue weighted by Gasteiger charge is 2.35. The number of carbonyl (C=O) groups excluding carboxylic acids is 3. The minimum Gasteiger partial charge on any atom is -0.354 e. The van der Waals surface area contributed by atoms with Crippen LogP contribution < -0.4 is 11.1 Å². The van der Waals surface area contributed by atoms with E-state index >= 15 is 0 Å². The summed E-state index contributed by atoms with van der Waals surface area (Å²) >= 11 is 0. The van der Waals surface area contributed by atoms with E-state index in [9.17, 15) is 23.2 Å². The van der Waals surface area contributed by atoms with Crippen molar-refractivity contribution >= 4 is 17.7 Å². The maximum Gasteiger partial charge on any atom is 0.246 e. The number of likely N-dealkylation sites (N-methyl/N-ethyl adjacent to an activating group) is 2. The van der Waals surface area contributed by atoms with Crippen molar-refractivity contribution in [2.45, 2.75) is 70.0 Å². The Labute approximate surface area is 306 Å². The van der Waals surface area contributed by atoms with Crippen LogP contribution in [0.25, 0.3) is 11.1 Å². The van der Waals surface area contributed by atoms with E-state index in [0.717, 1.165) is 47.2 Å². The zero-order valence-corrected chi connectivity index (χ0v) is 30.5. The van der Waals surface area contributed by atoms with E-state index in [-0.39, 0.29) is 18.7 Å². The molecule has 3 N–H and O–H groups in total. The predicted octanol–water partition coefficient (Wildman–Crippen LogP) is 6.89. The molecular weight excluding hydrogens is 658 g/mol. The van der Waals surface area contributed by atoms with Gasteiger partial charge in [0.2, 0.25) is 17.7 Å². The Kier molecular flexibility index (Phi) is 14.4. The molecule has 0 bridgehead atoms. The third-order valence-electron chi connectivity index (χ3n) is 9.87. The SMILES string of the molecule is CCC(N)(CC)C/C=C/C(=O)N(C)C(Cc1ccc(-c2ccccc2)cc1)C(=O)N(C)C(Cc1ccc(F)c(F)c1)C(=O)NCCc1ccccc1. The molecule has 0 aliphatic heterocycles. The number of rotatable bonds is 17. The van der Waals surface area contributed by atoms with Crippen molar-refractivity contribution in [1.82, 2.24) is 15.1 Å². The Morgan fingerprint density at radius 1 is 0.731 bits per heavy atom. The van der Waals surface area contributed by atoms with Gasteiger partial charge >= 0.3 is 0 Å². The Hall–Kier alpha value is -5.15. The van der Waals surface area contributed by atoms with Crippen LogP contribution in [0.4, 0.5) is 8.78 Å². The molecule has 0 saturated carbocycles. The average Bonchev–Trinajstić information content (AvgIpc) is 3.17. The van der Waals surface area contributed by atoms with Crippen LogP contribution in [0.1, 0.15) is 49.8 Å². The van der Waals surface area contributed by atoms with Crippen LogP contribution in [0.2, 0.25) is 0 Å². The molecule has 0 saturated heterocycles. The molecule has 274 valence electrons. The van der Waals surface area contributed by atoms with Gasteiger partial charge < -0.3 is 20.9 Å². The summed E-state index contributed by atoms with van der Waals surface area (Å²) in [6.45, 7) is 4.32. The summed E-state index contributed by atoms with van der Waals surface area (Å²) in [4.78, 5) is 44.7. The molecule has 9 heteroatoms. The van der Waals surface area contributed by atoms with Crippen molar-refractivity contribution in [3.8, 4) is 11.1 Å². The molecule has 0 radical (unpaired) electrons. The first-order valence-electron chi connectivity index (χ1n) is 17.8. The van der Waals surface area contributed by atoms with Gasteiger partial charge in [-0.05, 0) is 71.7 Å². The van der Waals surface area contributed by atoms with Crippen molar-refractivity contribution in [2.75, 3.05) is 20.6 Å². The molecule has 0 aliphatic carbocycles. The number of hydrogen-bond acceptors (Lipinski definition) is 4. The normalized spacial score (nSPS) is 12.7. The highest BCUT2D eigenvalue weighted by Crippen LogP contribution is 2.22. The molecule has 0 aliphatic rings. The molecule has 2 unspecified atom stereocenters. The Morgan fingerprint density at radius 2 is 1.31 bits per heavy atom. The largest absolute Gasteiger partial charge is 0.354 e. The first-order chi connectivity index (χ1) is 24.9. The van der Waals surface area contributed by atoms with E-state index in [1.165, 1.54) is 29.0 Å².